The summed E-state index contributed by atoms with van der Waals surface area (Å²) < 4.78 is 0. The number of aryl methyl sites for hydroxylation is 1. The van der Waals surface area contributed by atoms with Crippen LogP contribution in [0.3, 0.4) is 0 Å². The van der Waals surface area contributed by atoms with Crippen molar-refractivity contribution < 1.29 is 0 Å². The van der Waals surface area contributed by atoms with Gasteiger partial charge in [0, 0.05) is 17.5 Å². The number of tetrazole rings is 1. The maximum Gasteiger partial charge on any atom is 0.175 e. The zero-order chi connectivity index (χ0) is 15.2. The van der Waals surface area contributed by atoms with Crippen LogP contribution in [0.5, 0.6) is 0 Å². The van der Waals surface area contributed by atoms with Gasteiger partial charge in [0.2, 0.25) is 0 Å². The Labute approximate surface area is 130 Å². The van der Waals surface area contributed by atoms with E-state index in [1.54, 1.807) is 7.05 Å². The zero-order valence-corrected chi connectivity index (χ0v) is 13.5. The average Bonchev–Trinajstić information content (AvgIpc) is 2.84. The Balaban J connectivity index is 2.02. The van der Waals surface area contributed by atoms with E-state index in [4.69, 9.17) is 11.6 Å². The molecule has 2 rings (SSSR count). The van der Waals surface area contributed by atoms with Crippen LogP contribution in [-0.4, -0.2) is 32.8 Å². The van der Waals surface area contributed by atoms with Gasteiger partial charge in [-0.05, 0) is 41.8 Å². The van der Waals surface area contributed by atoms with Crippen LogP contribution in [0.4, 0.5) is 0 Å². The Kier molecular flexibility index (Phi) is 5.70. The van der Waals surface area contributed by atoms with E-state index < -0.39 is 0 Å². The lowest BCUT2D eigenvalue weighted by Crippen LogP contribution is -2.31. The van der Waals surface area contributed by atoms with E-state index in [2.05, 4.69) is 46.7 Å². The third-order valence-corrected chi connectivity index (χ3v) is 3.53. The highest BCUT2D eigenvalue weighted by Crippen LogP contribution is 2.15. The van der Waals surface area contributed by atoms with E-state index >= 15 is 0 Å². The van der Waals surface area contributed by atoms with Crippen molar-refractivity contribution >= 4 is 11.6 Å². The quantitative estimate of drug-likeness (QED) is 0.852. The predicted molar refractivity (Wildman–Crippen MR) is 84.3 cm³/mol. The molecule has 0 saturated heterocycles. The van der Waals surface area contributed by atoms with E-state index in [1.807, 2.05) is 12.1 Å². The first-order valence-electron chi connectivity index (χ1n) is 7.23. The van der Waals surface area contributed by atoms with Crippen LogP contribution in [-0.2, 0) is 19.9 Å². The first kappa shape index (κ1) is 15.9. The molecule has 6 heteroatoms. The monoisotopic (exact) mass is 307 g/mol. The van der Waals surface area contributed by atoms with E-state index in [9.17, 15) is 0 Å². The molecule has 0 bridgehead atoms. The molecule has 1 atom stereocenters. The Morgan fingerprint density at radius 2 is 1.90 bits per heavy atom. The van der Waals surface area contributed by atoms with Crippen molar-refractivity contribution in [3.05, 3.63) is 40.7 Å². The molecular weight excluding hydrogens is 286 g/mol. The first-order valence-corrected chi connectivity index (χ1v) is 7.61. The summed E-state index contributed by atoms with van der Waals surface area (Å²) in [5.74, 6) is 1.22. The van der Waals surface area contributed by atoms with Gasteiger partial charge in [-0.15, -0.1) is 10.2 Å². The molecule has 0 amide bonds. The molecule has 21 heavy (non-hydrogen) atoms. The number of nitrogens with one attached hydrogen (secondary N) is 1. The Bertz CT molecular complexity index is 549. The smallest absolute Gasteiger partial charge is 0.175 e. The molecule has 1 aromatic carbocycles. The van der Waals surface area contributed by atoms with Crippen molar-refractivity contribution in [3.63, 3.8) is 0 Å². The summed E-state index contributed by atoms with van der Waals surface area (Å²) in [5.41, 5.74) is 1.28. The van der Waals surface area contributed by atoms with E-state index in [0.717, 1.165) is 30.2 Å². The van der Waals surface area contributed by atoms with Crippen LogP contribution in [0.15, 0.2) is 24.3 Å². The van der Waals surface area contributed by atoms with Crippen LogP contribution >= 0.6 is 11.6 Å². The molecule has 1 unspecified atom stereocenters. The summed E-state index contributed by atoms with van der Waals surface area (Å²) in [6.07, 6.45) is 1.78. The fraction of sp³-hybridized carbons (Fsp3) is 0.533. The fourth-order valence-corrected chi connectivity index (χ4v) is 2.36. The van der Waals surface area contributed by atoms with Crippen LogP contribution in [0.1, 0.15) is 25.2 Å². The minimum absolute atomic E-state index is 0.428. The van der Waals surface area contributed by atoms with Crippen molar-refractivity contribution in [1.29, 1.82) is 0 Å². The van der Waals surface area contributed by atoms with Crippen molar-refractivity contribution in [3.8, 4) is 0 Å². The summed E-state index contributed by atoms with van der Waals surface area (Å²) in [7, 11) is 1.79. The highest BCUT2D eigenvalue weighted by Gasteiger charge is 2.14. The maximum absolute atomic E-state index is 5.94. The summed E-state index contributed by atoms with van der Waals surface area (Å²) >= 11 is 5.94. The largest absolute Gasteiger partial charge is 0.314 e. The maximum atomic E-state index is 5.94. The number of benzene rings is 1. The van der Waals surface area contributed by atoms with Crippen LogP contribution in [0, 0.1) is 5.92 Å². The van der Waals surface area contributed by atoms with Crippen molar-refractivity contribution in [2.45, 2.75) is 32.7 Å². The lowest BCUT2D eigenvalue weighted by atomic mass is 9.95. The van der Waals surface area contributed by atoms with Gasteiger partial charge in [0.1, 0.15) is 0 Å². The molecule has 0 aliphatic heterocycles. The Morgan fingerprint density at radius 3 is 2.48 bits per heavy atom. The van der Waals surface area contributed by atoms with E-state index in [-0.39, 0.29) is 0 Å². The van der Waals surface area contributed by atoms with Gasteiger partial charge in [-0.3, -0.25) is 0 Å². The molecule has 2 aromatic rings. The summed E-state index contributed by atoms with van der Waals surface area (Å²) in [5, 5.41) is 16.5. The Hall–Kier alpha value is -1.46. The summed E-state index contributed by atoms with van der Waals surface area (Å²) in [6, 6.07) is 8.49. The van der Waals surface area contributed by atoms with Crippen LogP contribution in [0.25, 0.3) is 0 Å². The Morgan fingerprint density at radius 1 is 1.19 bits per heavy atom. The average molecular weight is 308 g/mol. The number of hydrogen-bond acceptors (Lipinski definition) is 4. The van der Waals surface area contributed by atoms with Gasteiger partial charge in [-0.1, -0.05) is 37.6 Å². The highest BCUT2D eigenvalue weighted by atomic mass is 35.5. The minimum Gasteiger partial charge on any atom is -0.314 e. The van der Waals surface area contributed by atoms with E-state index in [0.29, 0.717) is 12.0 Å². The molecule has 1 N–H and O–H groups in total. The summed E-state index contributed by atoms with van der Waals surface area (Å²) in [4.78, 5) is 1.50. The molecule has 1 aromatic heterocycles. The van der Waals surface area contributed by atoms with Gasteiger partial charge in [0.15, 0.2) is 5.82 Å². The zero-order valence-electron chi connectivity index (χ0n) is 12.8. The molecule has 0 aliphatic rings. The molecule has 0 aliphatic carbocycles. The molecule has 0 fully saturated rings. The van der Waals surface area contributed by atoms with Gasteiger partial charge < -0.3 is 5.32 Å². The van der Waals surface area contributed by atoms with Crippen molar-refractivity contribution in [2.24, 2.45) is 13.0 Å². The van der Waals surface area contributed by atoms with Gasteiger partial charge >= 0.3 is 0 Å². The molecule has 114 valence electrons. The minimum atomic E-state index is 0.428. The standard InChI is InChI=1S/C15H22ClN5/c1-11(2)17-10-13(9-15-18-20-21(3)19-15)8-12-4-6-14(16)7-5-12/h4-7,11,13,17H,8-10H2,1-3H3. The van der Waals surface area contributed by atoms with Crippen molar-refractivity contribution in [2.75, 3.05) is 6.54 Å². The number of nitrogens with zero attached hydrogens (tertiary/aromatic N) is 4. The second-order valence-corrected chi connectivity index (χ2v) is 6.10. The topological polar surface area (TPSA) is 55.6 Å². The van der Waals surface area contributed by atoms with Gasteiger partial charge in [0.05, 0.1) is 7.05 Å². The van der Waals surface area contributed by atoms with E-state index in [1.165, 1.54) is 10.4 Å². The molecule has 0 radical (unpaired) electrons. The second-order valence-electron chi connectivity index (χ2n) is 5.66. The lowest BCUT2D eigenvalue weighted by molar-refractivity contribution is 0.436. The van der Waals surface area contributed by atoms with Crippen LogP contribution < -0.4 is 5.32 Å². The third kappa shape index (κ3) is 5.44. The summed E-state index contributed by atoms with van der Waals surface area (Å²) in [6.45, 7) is 5.23. The number of rotatable bonds is 7. The molecule has 0 saturated carbocycles. The SMILES string of the molecule is CC(C)NCC(Cc1ccc(Cl)cc1)Cc1nnn(C)n1. The first-order chi connectivity index (χ1) is 10.0. The normalized spacial score (nSPS) is 12.8. The predicted octanol–water partition coefficient (Wildman–Crippen LogP) is 2.26. The number of halogens is 1. The van der Waals surface area contributed by atoms with Gasteiger partial charge in [-0.25, -0.2) is 0 Å². The van der Waals surface area contributed by atoms with Gasteiger partial charge in [-0.2, -0.15) is 4.80 Å². The molecular formula is C15H22ClN5. The third-order valence-electron chi connectivity index (χ3n) is 3.27. The lowest BCUT2D eigenvalue weighted by Gasteiger charge is -2.18. The number of hydrogen-bond donors (Lipinski definition) is 1. The van der Waals surface area contributed by atoms with Crippen molar-refractivity contribution in [1.82, 2.24) is 25.5 Å². The fourth-order valence-electron chi connectivity index (χ4n) is 2.24. The highest BCUT2D eigenvalue weighted by molar-refractivity contribution is 6.30. The van der Waals surface area contributed by atoms with Crippen LogP contribution in [0.2, 0.25) is 5.02 Å². The molecule has 0 spiro atoms. The molecule has 1 heterocycles. The van der Waals surface area contributed by atoms with Gasteiger partial charge in [0.25, 0.3) is 0 Å². The second kappa shape index (κ2) is 7.52. The number of aromatic nitrogens is 4. The molecule has 5 nitrogen and oxygen atoms in total.